The Morgan fingerprint density at radius 3 is 2.56 bits per heavy atom. The van der Waals surface area contributed by atoms with Crippen LogP contribution in [0.1, 0.15) is 39.4 Å². The number of rotatable bonds is 8. The Hall–Kier alpha value is -3.90. The number of ether oxygens (including phenoxy) is 2. The van der Waals surface area contributed by atoms with Gasteiger partial charge in [0.1, 0.15) is 29.0 Å². The predicted molar refractivity (Wildman–Crippen MR) is 138 cm³/mol. The SMILES string of the molecule is COc1c(C(=O)O)cccc1C1CC(CNCCc2ccc(F)c3ccccc23)Oc2ccccc21. The third kappa shape index (κ3) is 4.64. The van der Waals surface area contributed by atoms with E-state index in [1.165, 1.54) is 13.2 Å². The zero-order valence-electron chi connectivity index (χ0n) is 20.0. The molecule has 184 valence electrons. The zero-order valence-corrected chi connectivity index (χ0v) is 20.0. The lowest BCUT2D eigenvalue weighted by molar-refractivity contribution is 0.0693. The third-order valence-corrected chi connectivity index (χ3v) is 6.85. The van der Waals surface area contributed by atoms with Crippen molar-refractivity contribution >= 4 is 16.7 Å². The molecule has 4 aromatic rings. The Balaban J connectivity index is 1.32. The van der Waals surface area contributed by atoms with Gasteiger partial charge in [-0.3, -0.25) is 0 Å². The molecule has 0 fully saturated rings. The molecule has 0 saturated carbocycles. The van der Waals surface area contributed by atoms with Crippen LogP contribution in [0.25, 0.3) is 10.8 Å². The molecule has 0 aliphatic carbocycles. The highest BCUT2D eigenvalue weighted by Crippen LogP contribution is 2.44. The number of benzene rings is 4. The van der Waals surface area contributed by atoms with Gasteiger partial charge in [-0.05, 0) is 48.5 Å². The summed E-state index contributed by atoms with van der Waals surface area (Å²) in [5, 5.41) is 14.7. The first-order valence-corrected chi connectivity index (χ1v) is 12.1. The number of carboxylic acid groups (broad SMARTS) is 1. The van der Waals surface area contributed by atoms with Gasteiger partial charge in [-0.15, -0.1) is 0 Å². The molecule has 0 radical (unpaired) electrons. The van der Waals surface area contributed by atoms with Gasteiger partial charge in [-0.2, -0.15) is 0 Å². The maximum Gasteiger partial charge on any atom is 0.339 e. The fourth-order valence-electron chi connectivity index (χ4n) is 5.17. The Bertz CT molecular complexity index is 1400. The van der Waals surface area contributed by atoms with E-state index >= 15 is 0 Å². The molecule has 4 aromatic carbocycles. The highest BCUT2D eigenvalue weighted by molar-refractivity contribution is 5.91. The fraction of sp³-hybridized carbons (Fsp3) is 0.233. The molecule has 2 unspecified atom stereocenters. The van der Waals surface area contributed by atoms with Crippen LogP contribution >= 0.6 is 0 Å². The summed E-state index contributed by atoms with van der Waals surface area (Å²) in [5.74, 6) is -0.0860. The van der Waals surface area contributed by atoms with E-state index in [1.54, 1.807) is 12.1 Å². The van der Waals surface area contributed by atoms with Crippen LogP contribution in [0.4, 0.5) is 4.39 Å². The van der Waals surface area contributed by atoms with Crippen molar-refractivity contribution in [2.24, 2.45) is 0 Å². The van der Waals surface area contributed by atoms with E-state index < -0.39 is 5.97 Å². The first kappa shape index (κ1) is 23.8. The summed E-state index contributed by atoms with van der Waals surface area (Å²) in [6.07, 6.45) is 1.35. The maximum atomic E-state index is 14.1. The van der Waals surface area contributed by atoms with Crippen molar-refractivity contribution in [3.8, 4) is 11.5 Å². The molecule has 5 nitrogen and oxygen atoms in total. The summed E-state index contributed by atoms with van der Waals surface area (Å²) in [6.45, 7) is 1.35. The lowest BCUT2D eigenvalue weighted by Gasteiger charge is -2.33. The Kier molecular flexibility index (Phi) is 6.87. The lowest BCUT2D eigenvalue weighted by atomic mass is 9.83. The van der Waals surface area contributed by atoms with Gasteiger partial charge in [0.2, 0.25) is 0 Å². The molecule has 5 rings (SSSR count). The van der Waals surface area contributed by atoms with Gasteiger partial charge in [0, 0.05) is 29.0 Å². The molecule has 2 N–H and O–H groups in total. The molecule has 0 amide bonds. The van der Waals surface area contributed by atoms with Gasteiger partial charge in [0.25, 0.3) is 0 Å². The Labute approximate surface area is 209 Å². The van der Waals surface area contributed by atoms with Crippen molar-refractivity contribution in [3.63, 3.8) is 0 Å². The predicted octanol–water partition coefficient (Wildman–Crippen LogP) is 5.80. The molecule has 1 heterocycles. The number of hydrogen-bond donors (Lipinski definition) is 2. The van der Waals surface area contributed by atoms with Crippen molar-refractivity contribution in [2.45, 2.75) is 24.9 Å². The molecular weight excluding hydrogens is 457 g/mol. The first-order chi connectivity index (χ1) is 17.6. The summed E-state index contributed by atoms with van der Waals surface area (Å²) in [7, 11) is 1.51. The van der Waals surface area contributed by atoms with E-state index in [1.807, 2.05) is 60.7 Å². The average molecular weight is 486 g/mol. The quantitative estimate of drug-likeness (QED) is 0.309. The van der Waals surface area contributed by atoms with Crippen molar-refractivity contribution in [1.29, 1.82) is 0 Å². The van der Waals surface area contributed by atoms with Crippen LogP contribution in [-0.2, 0) is 6.42 Å². The van der Waals surface area contributed by atoms with E-state index in [0.717, 1.165) is 40.8 Å². The smallest absolute Gasteiger partial charge is 0.339 e. The average Bonchev–Trinajstić information content (AvgIpc) is 2.91. The lowest BCUT2D eigenvalue weighted by Crippen LogP contribution is -2.36. The van der Waals surface area contributed by atoms with Crippen molar-refractivity contribution in [3.05, 3.63) is 107 Å². The molecule has 0 spiro atoms. The van der Waals surface area contributed by atoms with Gasteiger partial charge in [-0.25, -0.2) is 9.18 Å². The van der Waals surface area contributed by atoms with Gasteiger partial charge in [-0.1, -0.05) is 60.7 Å². The van der Waals surface area contributed by atoms with E-state index in [4.69, 9.17) is 9.47 Å². The van der Waals surface area contributed by atoms with Crippen molar-refractivity contribution in [1.82, 2.24) is 5.32 Å². The van der Waals surface area contributed by atoms with Gasteiger partial charge >= 0.3 is 5.97 Å². The van der Waals surface area contributed by atoms with Gasteiger partial charge in [0.05, 0.1) is 7.11 Å². The summed E-state index contributed by atoms with van der Waals surface area (Å²) in [6, 6.07) is 24.1. The van der Waals surface area contributed by atoms with Crippen LogP contribution in [0.2, 0.25) is 0 Å². The molecule has 1 aliphatic rings. The monoisotopic (exact) mass is 485 g/mol. The van der Waals surface area contributed by atoms with E-state index in [2.05, 4.69) is 5.32 Å². The molecule has 0 bridgehead atoms. The number of carbonyl (C=O) groups is 1. The molecule has 2 atom stereocenters. The largest absolute Gasteiger partial charge is 0.496 e. The van der Waals surface area contributed by atoms with E-state index in [-0.39, 0.29) is 23.4 Å². The molecular formula is C30H28FNO4. The standard InChI is InChI=1S/C30H28FNO4/c1-35-29-24(10-6-11-25(29)30(33)34)26-17-20(36-28-12-5-4-9-23(26)28)18-32-16-15-19-13-14-27(31)22-8-3-2-7-21(19)22/h2-14,20,26,32H,15-18H2,1H3,(H,33,34). The number of para-hydroxylation sites is 2. The van der Waals surface area contributed by atoms with Crippen LogP contribution < -0.4 is 14.8 Å². The van der Waals surface area contributed by atoms with E-state index in [9.17, 15) is 14.3 Å². The minimum absolute atomic E-state index is 0.0583. The summed E-state index contributed by atoms with van der Waals surface area (Å²) in [4.78, 5) is 11.8. The summed E-state index contributed by atoms with van der Waals surface area (Å²) < 4.78 is 26.0. The molecule has 0 saturated heterocycles. The van der Waals surface area contributed by atoms with Crippen LogP contribution in [0.15, 0.2) is 78.9 Å². The second-order valence-corrected chi connectivity index (χ2v) is 9.01. The number of fused-ring (bicyclic) bond motifs is 2. The zero-order chi connectivity index (χ0) is 25.1. The van der Waals surface area contributed by atoms with Crippen molar-refractivity contribution in [2.75, 3.05) is 20.2 Å². The maximum absolute atomic E-state index is 14.1. The normalized spacial score (nSPS) is 16.8. The minimum Gasteiger partial charge on any atom is -0.496 e. The Morgan fingerprint density at radius 2 is 1.75 bits per heavy atom. The van der Waals surface area contributed by atoms with Gasteiger partial charge in [0.15, 0.2) is 0 Å². The number of aromatic carboxylic acids is 1. The minimum atomic E-state index is -1.01. The van der Waals surface area contributed by atoms with Crippen LogP contribution in [-0.4, -0.2) is 37.4 Å². The van der Waals surface area contributed by atoms with Crippen LogP contribution in [0.5, 0.6) is 11.5 Å². The molecule has 0 aromatic heterocycles. The molecule has 6 heteroatoms. The fourth-order valence-corrected chi connectivity index (χ4v) is 5.17. The molecule has 1 aliphatic heterocycles. The summed E-state index contributed by atoms with van der Waals surface area (Å²) in [5.41, 5.74) is 3.12. The van der Waals surface area contributed by atoms with Crippen molar-refractivity contribution < 1.29 is 23.8 Å². The van der Waals surface area contributed by atoms with Crippen LogP contribution in [0.3, 0.4) is 0 Å². The number of hydrogen-bond acceptors (Lipinski definition) is 4. The van der Waals surface area contributed by atoms with Crippen LogP contribution in [0, 0.1) is 5.82 Å². The number of nitrogens with one attached hydrogen (secondary N) is 1. The third-order valence-electron chi connectivity index (χ3n) is 6.85. The first-order valence-electron chi connectivity index (χ1n) is 12.1. The second-order valence-electron chi connectivity index (χ2n) is 9.01. The number of methoxy groups -OCH3 is 1. The van der Waals surface area contributed by atoms with Gasteiger partial charge < -0.3 is 19.9 Å². The Morgan fingerprint density at radius 1 is 1.00 bits per heavy atom. The number of carboxylic acids is 1. The highest BCUT2D eigenvalue weighted by Gasteiger charge is 2.32. The summed E-state index contributed by atoms with van der Waals surface area (Å²) >= 11 is 0. The number of halogens is 1. The van der Waals surface area contributed by atoms with E-state index in [0.29, 0.717) is 24.1 Å². The highest BCUT2D eigenvalue weighted by atomic mass is 19.1. The molecule has 36 heavy (non-hydrogen) atoms. The topological polar surface area (TPSA) is 67.8 Å². The second kappa shape index (κ2) is 10.4.